The molecule has 2 N–H and O–H groups in total. The van der Waals surface area contributed by atoms with Gasteiger partial charge in [0, 0.05) is 18.3 Å². The lowest BCUT2D eigenvalue weighted by Gasteiger charge is -2.22. The average molecular weight is 393 g/mol. The van der Waals surface area contributed by atoms with E-state index in [2.05, 4.69) is 29.5 Å². The first-order valence-electron chi connectivity index (χ1n) is 10.4. The van der Waals surface area contributed by atoms with Crippen molar-refractivity contribution in [3.05, 3.63) is 29.5 Å². The van der Waals surface area contributed by atoms with Crippen molar-refractivity contribution in [3.8, 4) is 0 Å². The van der Waals surface area contributed by atoms with E-state index in [-0.39, 0.29) is 17.6 Å². The number of unbranched alkanes of at least 4 members (excludes halogenated alkanes) is 3. The molecule has 1 aliphatic rings. The predicted octanol–water partition coefficient (Wildman–Crippen LogP) is 4.09. The van der Waals surface area contributed by atoms with Crippen LogP contribution in [-0.4, -0.2) is 34.9 Å². The van der Waals surface area contributed by atoms with Crippen molar-refractivity contribution in [3.63, 3.8) is 0 Å². The number of carbonyl (C=O) groups is 2. The normalized spacial score (nSPS) is 20.9. The Kier molecular flexibility index (Phi) is 10.4. The summed E-state index contributed by atoms with van der Waals surface area (Å²) in [6.07, 6.45) is 13.4. The lowest BCUT2D eigenvalue weighted by molar-refractivity contribution is -0.217. The van der Waals surface area contributed by atoms with Crippen molar-refractivity contribution in [2.75, 3.05) is 7.11 Å². The van der Waals surface area contributed by atoms with Crippen LogP contribution in [0.5, 0.6) is 0 Å². The maximum atomic E-state index is 12.4. The molecule has 0 spiro atoms. The molecule has 1 fully saturated rings. The van der Waals surface area contributed by atoms with E-state index in [0.717, 1.165) is 25.5 Å². The van der Waals surface area contributed by atoms with Crippen LogP contribution in [0.2, 0.25) is 0 Å². The van der Waals surface area contributed by atoms with E-state index < -0.39 is 17.7 Å². The number of hydrogen-bond acceptors (Lipinski definition) is 5. The van der Waals surface area contributed by atoms with E-state index in [1.54, 1.807) is 0 Å². The molecule has 1 rings (SSSR count). The molecule has 0 bridgehead atoms. The number of hydrogen-bond donors (Lipinski definition) is 2. The molecule has 0 heterocycles. The molecule has 0 saturated heterocycles. The molecule has 5 heteroatoms. The molecular weight excluding hydrogens is 356 g/mol. The molecule has 0 aliphatic heterocycles. The van der Waals surface area contributed by atoms with Crippen LogP contribution in [0.4, 0.5) is 0 Å². The van der Waals surface area contributed by atoms with Crippen molar-refractivity contribution >= 4 is 11.8 Å². The molecule has 0 aromatic heterocycles. The van der Waals surface area contributed by atoms with Gasteiger partial charge in [-0.15, -0.1) is 5.73 Å². The quantitative estimate of drug-likeness (QED) is 0.182. The number of ether oxygens (including phenoxy) is 1. The van der Waals surface area contributed by atoms with Gasteiger partial charge in [-0.3, -0.25) is 4.79 Å². The summed E-state index contributed by atoms with van der Waals surface area (Å²) in [6, 6.07) is 0. The smallest absolute Gasteiger partial charge is 0.366 e. The van der Waals surface area contributed by atoms with Crippen molar-refractivity contribution in [2.24, 2.45) is 17.8 Å². The number of ketones is 1. The Hall–Kier alpha value is -1.68. The Morgan fingerprint density at radius 2 is 2.07 bits per heavy atom. The standard InChI is InChI=1S/C23H36O5/c1-5-7-8-9-10-11-19-14-15-21(24)20(19)16-18(6-2)13-12-17(3)23(26,27)22(25)28-4/h10-12,17,19-20,26-27H,5-9,14-16H2,1-4H3/t13?,17?,19-,20+/m0/s1. The van der Waals surface area contributed by atoms with Gasteiger partial charge in [0.15, 0.2) is 0 Å². The highest BCUT2D eigenvalue weighted by atomic mass is 16.6. The van der Waals surface area contributed by atoms with E-state index >= 15 is 0 Å². The number of rotatable bonds is 11. The molecule has 28 heavy (non-hydrogen) atoms. The van der Waals surface area contributed by atoms with Crippen LogP contribution in [0.3, 0.4) is 0 Å². The zero-order chi connectivity index (χ0) is 21.2. The Morgan fingerprint density at radius 3 is 2.68 bits per heavy atom. The molecule has 0 amide bonds. The van der Waals surface area contributed by atoms with E-state index in [0.29, 0.717) is 19.3 Å². The van der Waals surface area contributed by atoms with Gasteiger partial charge in [-0.05, 0) is 49.7 Å². The van der Waals surface area contributed by atoms with Crippen molar-refractivity contribution in [2.45, 2.75) is 77.9 Å². The largest absolute Gasteiger partial charge is 0.465 e. The molecule has 0 radical (unpaired) electrons. The van der Waals surface area contributed by atoms with Gasteiger partial charge in [0.2, 0.25) is 0 Å². The Labute approximate surface area is 169 Å². The fourth-order valence-corrected chi connectivity index (χ4v) is 3.48. The average Bonchev–Trinajstić information content (AvgIpc) is 3.03. The van der Waals surface area contributed by atoms with Gasteiger partial charge in [0.25, 0.3) is 5.79 Å². The predicted molar refractivity (Wildman–Crippen MR) is 109 cm³/mol. The van der Waals surface area contributed by atoms with Gasteiger partial charge in [-0.1, -0.05) is 45.8 Å². The maximum absolute atomic E-state index is 12.4. The van der Waals surface area contributed by atoms with Crippen LogP contribution in [0.15, 0.2) is 29.5 Å². The van der Waals surface area contributed by atoms with Crippen molar-refractivity contribution in [1.82, 2.24) is 0 Å². The number of Topliss-reactive ketones (excluding diaryl/α,β-unsaturated/α-hetero) is 1. The minimum atomic E-state index is -2.59. The number of carbonyl (C=O) groups excluding carboxylic acids is 2. The van der Waals surface area contributed by atoms with Crippen LogP contribution in [0, 0.1) is 17.8 Å². The van der Waals surface area contributed by atoms with E-state index in [1.807, 2.05) is 6.92 Å². The highest BCUT2D eigenvalue weighted by Gasteiger charge is 2.39. The molecule has 158 valence electrons. The molecular formula is C23H36O5. The van der Waals surface area contributed by atoms with Crippen molar-refractivity contribution < 1.29 is 24.5 Å². The topological polar surface area (TPSA) is 83.8 Å². The second kappa shape index (κ2) is 12.0. The second-order valence-electron chi connectivity index (χ2n) is 7.68. The molecule has 5 nitrogen and oxygen atoms in total. The third-order valence-electron chi connectivity index (χ3n) is 5.56. The van der Waals surface area contributed by atoms with Gasteiger partial charge in [-0.2, -0.15) is 0 Å². The zero-order valence-electron chi connectivity index (χ0n) is 17.7. The summed E-state index contributed by atoms with van der Waals surface area (Å²) in [5, 5.41) is 19.8. The van der Waals surface area contributed by atoms with Gasteiger partial charge < -0.3 is 14.9 Å². The highest BCUT2D eigenvalue weighted by molar-refractivity contribution is 5.84. The van der Waals surface area contributed by atoms with Crippen LogP contribution >= 0.6 is 0 Å². The van der Waals surface area contributed by atoms with Gasteiger partial charge >= 0.3 is 5.97 Å². The third kappa shape index (κ3) is 7.05. The van der Waals surface area contributed by atoms with Crippen LogP contribution in [0.25, 0.3) is 0 Å². The summed E-state index contributed by atoms with van der Waals surface area (Å²) >= 11 is 0. The minimum absolute atomic E-state index is 0.0396. The summed E-state index contributed by atoms with van der Waals surface area (Å²) in [4.78, 5) is 23.9. The van der Waals surface area contributed by atoms with Gasteiger partial charge in [-0.25, -0.2) is 4.79 Å². The van der Waals surface area contributed by atoms with Gasteiger partial charge in [0.1, 0.15) is 5.78 Å². The van der Waals surface area contributed by atoms with E-state index in [1.165, 1.54) is 32.3 Å². The van der Waals surface area contributed by atoms with E-state index in [9.17, 15) is 19.8 Å². The third-order valence-corrected chi connectivity index (χ3v) is 5.56. The number of allylic oxidation sites excluding steroid dienone is 2. The fourth-order valence-electron chi connectivity index (χ4n) is 3.48. The monoisotopic (exact) mass is 392 g/mol. The Morgan fingerprint density at radius 1 is 1.36 bits per heavy atom. The summed E-state index contributed by atoms with van der Waals surface area (Å²) in [6.45, 7) is 5.69. The maximum Gasteiger partial charge on any atom is 0.366 e. The van der Waals surface area contributed by atoms with Crippen LogP contribution in [-0.2, 0) is 14.3 Å². The van der Waals surface area contributed by atoms with Gasteiger partial charge in [0.05, 0.1) is 7.11 Å². The SMILES string of the molecule is CCCCCC=C[C@H]1CCC(=O)[C@@H]1CC(=C=CC(C)C(O)(O)C(=O)OC)CC. The lowest BCUT2D eigenvalue weighted by Crippen LogP contribution is -2.44. The highest BCUT2D eigenvalue weighted by Crippen LogP contribution is 2.35. The Bertz CT molecular complexity index is 610. The second-order valence-corrected chi connectivity index (χ2v) is 7.68. The first-order valence-corrected chi connectivity index (χ1v) is 10.4. The molecule has 0 aromatic carbocycles. The summed E-state index contributed by atoms with van der Waals surface area (Å²) in [5.74, 6) is -4.06. The zero-order valence-corrected chi connectivity index (χ0v) is 17.7. The van der Waals surface area contributed by atoms with Crippen molar-refractivity contribution in [1.29, 1.82) is 0 Å². The molecule has 0 aromatic rings. The first kappa shape index (κ1) is 24.4. The first-order chi connectivity index (χ1) is 13.3. The lowest BCUT2D eigenvalue weighted by atomic mass is 9.87. The minimum Gasteiger partial charge on any atom is -0.465 e. The fraction of sp³-hybridized carbons (Fsp3) is 0.696. The number of methoxy groups -OCH3 is 1. The Balaban J connectivity index is 2.83. The summed E-state index contributed by atoms with van der Waals surface area (Å²) < 4.78 is 4.42. The molecule has 1 saturated carbocycles. The van der Waals surface area contributed by atoms with Crippen LogP contribution in [0.1, 0.15) is 72.1 Å². The van der Waals surface area contributed by atoms with Crippen LogP contribution < -0.4 is 0 Å². The summed E-state index contributed by atoms with van der Waals surface area (Å²) in [7, 11) is 1.11. The molecule has 1 aliphatic carbocycles. The summed E-state index contributed by atoms with van der Waals surface area (Å²) in [5.41, 5.74) is 4.04. The molecule has 3 atom stereocenters. The van der Waals surface area contributed by atoms with E-state index in [4.69, 9.17) is 0 Å². The number of aliphatic hydroxyl groups is 2. The molecule has 1 unspecified atom stereocenters. The number of esters is 1.